The predicted octanol–water partition coefficient (Wildman–Crippen LogP) is 1.88. The van der Waals surface area contributed by atoms with Crippen molar-refractivity contribution in [1.29, 1.82) is 0 Å². The number of amides is 1. The quantitative estimate of drug-likeness (QED) is 0.644. The lowest BCUT2D eigenvalue weighted by Gasteiger charge is -2.36. The van der Waals surface area contributed by atoms with Crippen LogP contribution < -0.4 is 15.8 Å². The molecule has 2 unspecified atom stereocenters. The third-order valence-electron chi connectivity index (χ3n) is 6.58. The van der Waals surface area contributed by atoms with E-state index in [2.05, 4.69) is 51.8 Å². The molecule has 2 atom stereocenters. The molecule has 5 rings (SSSR count). The van der Waals surface area contributed by atoms with Crippen molar-refractivity contribution >= 4 is 16.9 Å². The van der Waals surface area contributed by atoms with Crippen LogP contribution >= 0.6 is 0 Å². The second-order valence-electron chi connectivity index (χ2n) is 8.28. The van der Waals surface area contributed by atoms with E-state index in [1.807, 2.05) is 4.90 Å². The first-order valence-corrected chi connectivity index (χ1v) is 10.4. The fourth-order valence-corrected chi connectivity index (χ4v) is 4.92. The summed E-state index contributed by atoms with van der Waals surface area (Å²) in [7, 11) is 0. The van der Waals surface area contributed by atoms with Crippen LogP contribution in [0.1, 0.15) is 40.2 Å². The summed E-state index contributed by atoms with van der Waals surface area (Å²) >= 11 is 0. The van der Waals surface area contributed by atoms with Crippen molar-refractivity contribution in [2.75, 3.05) is 19.6 Å². The van der Waals surface area contributed by atoms with Gasteiger partial charge in [-0.1, -0.05) is 24.3 Å². The molecule has 0 aliphatic carbocycles. The molecule has 0 radical (unpaired) electrons. The van der Waals surface area contributed by atoms with Crippen molar-refractivity contribution in [2.45, 2.75) is 31.7 Å². The van der Waals surface area contributed by atoms with E-state index in [4.69, 9.17) is 0 Å². The van der Waals surface area contributed by atoms with E-state index in [-0.39, 0.29) is 5.91 Å². The molecule has 156 valence electrons. The van der Waals surface area contributed by atoms with Crippen LogP contribution in [0.2, 0.25) is 0 Å². The third kappa shape index (κ3) is 3.32. The molecule has 1 amide bonds. The molecule has 2 aliphatic heterocycles. The first-order chi connectivity index (χ1) is 14.6. The maximum absolute atomic E-state index is 13.0. The molecule has 2 aliphatic rings. The predicted molar refractivity (Wildman–Crippen MR) is 110 cm³/mol. The molecule has 3 aromatic rings. The van der Waals surface area contributed by atoms with Crippen molar-refractivity contribution < 1.29 is 14.3 Å². The number of rotatable bonds is 3. The fourth-order valence-electron chi connectivity index (χ4n) is 4.92. The van der Waals surface area contributed by atoms with E-state index in [9.17, 15) is 10.0 Å². The first kappa shape index (κ1) is 19.0. The Bertz CT molecular complexity index is 1070. The van der Waals surface area contributed by atoms with Crippen molar-refractivity contribution in [3.05, 3.63) is 64.4 Å². The van der Waals surface area contributed by atoms with E-state index in [1.165, 1.54) is 11.1 Å². The second kappa shape index (κ2) is 7.70. The molecule has 2 N–H and O–H groups in total. The number of hydrogen-bond acceptors (Lipinski definition) is 6. The monoisotopic (exact) mass is 407 g/mol. The van der Waals surface area contributed by atoms with E-state index in [0.29, 0.717) is 39.4 Å². The number of hydrazine groups is 1. The second-order valence-corrected chi connectivity index (χ2v) is 8.28. The Morgan fingerprint density at radius 3 is 2.83 bits per heavy atom. The maximum atomic E-state index is 13.0. The van der Waals surface area contributed by atoms with Gasteiger partial charge in [0.15, 0.2) is 0 Å². The van der Waals surface area contributed by atoms with E-state index in [0.717, 1.165) is 32.5 Å². The number of likely N-dealkylation sites (tertiary alicyclic amines) is 1. The summed E-state index contributed by atoms with van der Waals surface area (Å²) in [4.78, 5) is 15.2. The fraction of sp³-hybridized carbons (Fsp3) is 0.409. The zero-order valence-corrected chi connectivity index (χ0v) is 16.9. The van der Waals surface area contributed by atoms with Crippen LogP contribution in [0.25, 0.3) is 11.0 Å². The van der Waals surface area contributed by atoms with Crippen molar-refractivity contribution in [3.8, 4) is 0 Å². The number of nitrogens with one attached hydrogen (secondary N) is 2. The van der Waals surface area contributed by atoms with Gasteiger partial charge in [-0.15, -0.1) is 0 Å². The zero-order chi connectivity index (χ0) is 20.7. The van der Waals surface area contributed by atoms with Gasteiger partial charge in [0.05, 0.1) is 0 Å². The van der Waals surface area contributed by atoms with Crippen molar-refractivity contribution in [2.24, 2.45) is 5.92 Å². The highest BCUT2D eigenvalue weighted by Gasteiger charge is 2.37. The highest BCUT2D eigenvalue weighted by molar-refractivity contribution is 5.96. The van der Waals surface area contributed by atoms with Gasteiger partial charge < -0.3 is 10.1 Å². The van der Waals surface area contributed by atoms with Gasteiger partial charge in [-0.25, -0.2) is 0 Å². The van der Waals surface area contributed by atoms with Gasteiger partial charge in [0.25, 0.3) is 5.91 Å². The van der Waals surface area contributed by atoms with Gasteiger partial charge in [0, 0.05) is 48.4 Å². The Morgan fingerprint density at radius 1 is 1.23 bits per heavy atom. The molecule has 2 saturated heterocycles. The Hall–Kier alpha value is -2.97. The number of hydrogen-bond donors (Lipinski definition) is 2. The Kier molecular flexibility index (Phi) is 4.88. The molecule has 0 bridgehead atoms. The molecule has 8 heteroatoms. The van der Waals surface area contributed by atoms with E-state index < -0.39 is 0 Å². The average Bonchev–Trinajstić information content (AvgIpc) is 3.40. The molecule has 2 fully saturated rings. The lowest BCUT2D eigenvalue weighted by Crippen LogP contribution is -2.45. The van der Waals surface area contributed by atoms with Crippen molar-refractivity contribution in [3.63, 3.8) is 0 Å². The lowest BCUT2D eigenvalue weighted by atomic mass is 9.79. The number of carbonyl (C=O) groups is 1. The largest absolute Gasteiger partial charge is 0.359 e. The van der Waals surface area contributed by atoms with Crippen LogP contribution in [-0.4, -0.2) is 41.6 Å². The van der Waals surface area contributed by atoms with Crippen molar-refractivity contribution in [1.82, 2.24) is 20.9 Å². The summed E-state index contributed by atoms with van der Waals surface area (Å²) in [6.07, 6.45) is 1.92. The molecule has 30 heavy (non-hydrogen) atoms. The molecule has 1 aromatic heterocycles. The lowest BCUT2D eigenvalue weighted by molar-refractivity contribution is -0.782. The average molecular weight is 407 g/mol. The number of fused-ring (bicyclic) bond motifs is 1. The van der Waals surface area contributed by atoms with E-state index in [1.54, 1.807) is 18.2 Å². The van der Waals surface area contributed by atoms with E-state index >= 15 is 0 Å². The number of piperidine rings is 1. The molecular formula is C22H25N5O3. The summed E-state index contributed by atoms with van der Waals surface area (Å²) in [5.41, 5.74) is 10.8. The summed E-state index contributed by atoms with van der Waals surface area (Å²) in [6.45, 7) is 4.54. The standard InChI is InChI=1S/C22H25N5O3/c1-14-4-2-3-5-17(14)18-13-23-24-21(18)15-8-10-26(11-9-15)22(28)16-6-7-20-19(12-16)25-30-27(20)29/h2-7,12,15,18,21,23-24H,8-11,13H2,1H3. The summed E-state index contributed by atoms with van der Waals surface area (Å²) in [6, 6.07) is 13.8. The summed E-state index contributed by atoms with van der Waals surface area (Å²) < 4.78 is 4.59. The van der Waals surface area contributed by atoms with Gasteiger partial charge in [0.2, 0.25) is 11.0 Å². The summed E-state index contributed by atoms with van der Waals surface area (Å²) in [5.74, 6) is 0.918. The highest BCUT2D eigenvalue weighted by atomic mass is 16.8. The van der Waals surface area contributed by atoms with Crippen LogP contribution in [0, 0.1) is 18.0 Å². The highest BCUT2D eigenvalue weighted by Crippen LogP contribution is 2.34. The molecule has 0 spiro atoms. The van der Waals surface area contributed by atoms with Crippen LogP contribution in [0.4, 0.5) is 0 Å². The smallest absolute Gasteiger partial charge is 0.254 e. The SMILES string of the molecule is Cc1ccccc1C1CNNC1C1CCN(C(=O)c2ccc3c(c2)no[n+]3[O-])CC1. The number of benzene rings is 2. The van der Waals surface area contributed by atoms with Gasteiger partial charge >= 0.3 is 0 Å². The molecule has 3 heterocycles. The van der Waals surface area contributed by atoms with Gasteiger partial charge in [0.1, 0.15) is 0 Å². The van der Waals surface area contributed by atoms with Crippen LogP contribution in [0.3, 0.4) is 0 Å². The Morgan fingerprint density at radius 2 is 2.03 bits per heavy atom. The van der Waals surface area contributed by atoms with Gasteiger partial charge in [-0.2, -0.15) is 0 Å². The molecule has 8 nitrogen and oxygen atoms in total. The number of aryl methyl sites for hydroxylation is 1. The zero-order valence-electron chi connectivity index (χ0n) is 16.9. The number of nitrogens with zero attached hydrogens (tertiary/aromatic N) is 3. The third-order valence-corrected chi connectivity index (χ3v) is 6.58. The minimum absolute atomic E-state index is 0.0243. The van der Waals surface area contributed by atoms with Crippen LogP contribution in [0.5, 0.6) is 0 Å². The molecule has 2 aromatic carbocycles. The maximum Gasteiger partial charge on any atom is 0.254 e. The minimum atomic E-state index is -0.0243. The summed E-state index contributed by atoms with van der Waals surface area (Å²) in [5, 5.41) is 15.2. The topological polar surface area (TPSA) is 97.3 Å². The minimum Gasteiger partial charge on any atom is -0.359 e. The van der Waals surface area contributed by atoms with Crippen LogP contribution in [0.15, 0.2) is 47.1 Å². The first-order valence-electron chi connectivity index (χ1n) is 10.4. The van der Waals surface area contributed by atoms with Crippen LogP contribution in [-0.2, 0) is 0 Å². The Labute approximate surface area is 174 Å². The van der Waals surface area contributed by atoms with Gasteiger partial charge in [-0.05, 0) is 53.8 Å². The molecular weight excluding hydrogens is 382 g/mol. The number of carbonyl (C=O) groups excluding carboxylic acids is 1. The molecule has 0 saturated carbocycles. The van der Waals surface area contributed by atoms with Gasteiger partial charge in [-0.3, -0.25) is 20.3 Å². The normalized spacial score (nSPS) is 22.6. The number of aromatic nitrogens is 2. The Balaban J connectivity index is 1.26.